The van der Waals surface area contributed by atoms with Crippen LogP contribution in [-0.4, -0.2) is 48.1 Å². The van der Waals surface area contributed by atoms with E-state index in [4.69, 9.17) is 18.0 Å². The van der Waals surface area contributed by atoms with Crippen molar-refractivity contribution >= 4 is 23.0 Å². The Balaban J connectivity index is 2.23. The summed E-state index contributed by atoms with van der Waals surface area (Å²) >= 11 is 5.02. The van der Waals surface area contributed by atoms with Crippen LogP contribution in [0.15, 0.2) is 12.1 Å². The zero-order valence-electron chi connectivity index (χ0n) is 10.3. The van der Waals surface area contributed by atoms with Gasteiger partial charge in [0.15, 0.2) is 0 Å². The molecule has 0 saturated carbocycles. The minimum atomic E-state index is 0.436. The standard InChI is InChI=1S/C12H18N4S/c1-9-7-10(12(13)17)8-11(14-9)16-5-3-15(2)4-6-16/h7-8H,3-6H2,1-2H3,(H2,13,17). The number of thiocarbonyl (C=S) groups is 1. The third kappa shape index (κ3) is 2.92. The molecule has 0 spiro atoms. The highest BCUT2D eigenvalue weighted by atomic mass is 32.1. The SMILES string of the molecule is Cc1cc(C(N)=S)cc(N2CCN(C)CC2)n1. The third-order valence-corrected chi connectivity index (χ3v) is 3.29. The molecule has 0 atom stereocenters. The lowest BCUT2D eigenvalue weighted by Gasteiger charge is -2.33. The van der Waals surface area contributed by atoms with Crippen molar-refractivity contribution in [3.05, 3.63) is 23.4 Å². The van der Waals surface area contributed by atoms with E-state index in [9.17, 15) is 0 Å². The van der Waals surface area contributed by atoms with Crippen molar-refractivity contribution in [2.24, 2.45) is 5.73 Å². The van der Waals surface area contributed by atoms with Gasteiger partial charge >= 0.3 is 0 Å². The summed E-state index contributed by atoms with van der Waals surface area (Å²) in [7, 11) is 2.14. The lowest BCUT2D eigenvalue weighted by molar-refractivity contribution is 0.312. The lowest BCUT2D eigenvalue weighted by atomic mass is 10.2. The molecule has 5 heteroatoms. The van der Waals surface area contributed by atoms with Crippen molar-refractivity contribution < 1.29 is 0 Å². The first kappa shape index (κ1) is 12.3. The predicted octanol–water partition coefficient (Wildman–Crippen LogP) is 0.776. The van der Waals surface area contributed by atoms with E-state index >= 15 is 0 Å². The molecule has 0 bridgehead atoms. The molecule has 0 amide bonds. The predicted molar refractivity (Wildman–Crippen MR) is 74.6 cm³/mol. The monoisotopic (exact) mass is 250 g/mol. The highest BCUT2D eigenvalue weighted by Crippen LogP contribution is 2.16. The normalized spacial score (nSPS) is 17.2. The van der Waals surface area contributed by atoms with E-state index in [1.807, 2.05) is 19.1 Å². The first-order valence-electron chi connectivity index (χ1n) is 5.78. The van der Waals surface area contributed by atoms with E-state index in [2.05, 4.69) is 21.8 Å². The highest BCUT2D eigenvalue weighted by Gasteiger charge is 2.16. The Kier molecular flexibility index (Phi) is 3.59. The number of nitrogens with two attached hydrogens (primary N) is 1. The van der Waals surface area contributed by atoms with Crippen LogP contribution in [0.2, 0.25) is 0 Å². The number of aryl methyl sites for hydroxylation is 1. The fourth-order valence-corrected chi connectivity index (χ4v) is 2.11. The Hall–Kier alpha value is -1.20. The fourth-order valence-electron chi connectivity index (χ4n) is 1.99. The van der Waals surface area contributed by atoms with Gasteiger partial charge in [0.25, 0.3) is 0 Å². The minimum Gasteiger partial charge on any atom is -0.389 e. The molecular formula is C12H18N4S. The maximum atomic E-state index is 5.68. The molecule has 0 aliphatic carbocycles. The van der Waals surface area contributed by atoms with E-state index < -0.39 is 0 Å². The van der Waals surface area contributed by atoms with Crippen LogP contribution in [0.25, 0.3) is 0 Å². The van der Waals surface area contributed by atoms with E-state index in [0.717, 1.165) is 43.3 Å². The summed E-state index contributed by atoms with van der Waals surface area (Å²) in [5, 5.41) is 0. The molecule has 2 rings (SSSR count). The zero-order chi connectivity index (χ0) is 12.4. The second kappa shape index (κ2) is 4.98. The number of hydrogen-bond donors (Lipinski definition) is 1. The highest BCUT2D eigenvalue weighted by molar-refractivity contribution is 7.80. The lowest BCUT2D eigenvalue weighted by Crippen LogP contribution is -2.44. The summed E-state index contributed by atoms with van der Waals surface area (Å²) < 4.78 is 0. The van der Waals surface area contributed by atoms with Gasteiger partial charge in [-0.3, -0.25) is 0 Å². The quantitative estimate of drug-likeness (QED) is 0.786. The van der Waals surface area contributed by atoms with Crippen LogP contribution >= 0.6 is 12.2 Å². The molecule has 1 aliphatic rings. The van der Waals surface area contributed by atoms with Crippen molar-refractivity contribution in [1.82, 2.24) is 9.88 Å². The molecule has 0 aromatic carbocycles. The number of rotatable bonds is 2. The van der Waals surface area contributed by atoms with E-state index in [1.54, 1.807) is 0 Å². The van der Waals surface area contributed by atoms with Crippen LogP contribution in [0.4, 0.5) is 5.82 Å². The number of nitrogens with zero attached hydrogens (tertiary/aromatic N) is 3. The minimum absolute atomic E-state index is 0.436. The van der Waals surface area contributed by atoms with Crippen LogP contribution < -0.4 is 10.6 Å². The number of anilines is 1. The molecule has 0 radical (unpaired) electrons. The van der Waals surface area contributed by atoms with Crippen molar-refractivity contribution in [3.8, 4) is 0 Å². The maximum absolute atomic E-state index is 5.68. The summed E-state index contributed by atoms with van der Waals surface area (Å²) in [4.78, 5) is 9.60. The van der Waals surface area contributed by atoms with Gasteiger partial charge < -0.3 is 15.5 Å². The van der Waals surface area contributed by atoms with Gasteiger partial charge in [0.1, 0.15) is 10.8 Å². The fraction of sp³-hybridized carbons (Fsp3) is 0.500. The largest absolute Gasteiger partial charge is 0.389 e. The van der Waals surface area contributed by atoms with Gasteiger partial charge in [-0.25, -0.2) is 4.98 Å². The van der Waals surface area contributed by atoms with Crippen molar-refractivity contribution in [1.29, 1.82) is 0 Å². The van der Waals surface area contributed by atoms with Gasteiger partial charge in [0, 0.05) is 37.4 Å². The molecule has 2 heterocycles. The van der Waals surface area contributed by atoms with E-state index in [1.165, 1.54) is 0 Å². The molecule has 1 aromatic rings. The number of hydrogen-bond acceptors (Lipinski definition) is 4. The van der Waals surface area contributed by atoms with Gasteiger partial charge in [-0.15, -0.1) is 0 Å². The second-order valence-electron chi connectivity index (χ2n) is 4.51. The molecular weight excluding hydrogens is 232 g/mol. The van der Waals surface area contributed by atoms with Gasteiger partial charge in [-0.1, -0.05) is 12.2 Å². The summed E-state index contributed by atoms with van der Waals surface area (Å²) in [6.07, 6.45) is 0. The number of aromatic nitrogens is 1. The van der Waals surface area contributed by atoms with Crippen LogP contribution in [0.5, 0.6) is 0 Å². The molecule has 4 nitrogen and oxygen atoms in total. The van der Waals surface area contributed by atoms with E-state index in [-0.39, 0.29) is 0 Å². The molecule has 17 heavy (non-hydrogen) atoms. The number of piperazine rings is 1. The van der Waals surface area contributed by atoms with Crippen LogP contribution in [-0.2, 0) is 0 Å². The van der Waals surface area contributed by atoms with Crippen molar-refractivity contribution in [3.63, 3.8) is 0 Å². The number of likely N-dealkylation sites (N-methyl/N-ethyl adjacent to an activating group) is 1. The van der Waals surface area contributed by atoms with Crippen molar-refractivity contribution in [2.75, 3.05) is 38.1 Å². The zero-order valence-corrected chi connectivity index (χ0v) is 11.1. The Morgan fingerprint density at radius 3 is 2.53 bits per heavy atom. The summed E-state index contributed by atoms with van der Waals surface area (Å²) in [6, 6.07) is 3.92. The Bertz CT molecular complexity index is 425. The smallest absolute Gasteiger partial charge is 0.129 e. The molecule has 2 N–H and O–H groups in total. The van der Waals surface area contributed by atoms with Gasteiger partial charge in [0.05, 0.1) is 0 Å². The van der Waals surface area contributed by atoms with Gasteiger partial charge in [-0.2, -0.15) is 0 Å². The Morgan fingerprint density at radius 1 is 1.29 bits per heavy atom. The summed E-state index contributed by atoms with van der Waals surface area (Å²) in [6.45, 7) is 6.12. The molecule has 1 fully saturated rings. The molecule has 1 saturated heterocycles. The first-order chi connectivity index (χ1) is 8.06. The maximum Gasteiger partial charge on any atom is 0.129 e. The molecule has 0 unspecified atom stereocenters. The van der Waals surface area contributed by atoms with Crippen molar-refractivity contribution in [2.45, 2.75) is 6.92 Å². The molecule has 1 aromatic heterocycles. The number of pyridine rings is 1. The first-order valence-corrected chi connectivity index (χ1v) is 6.19. The van der Waals surface area contributed by atoms with E-state index in [0.29, 0.717) is 4.99 Å². The Morgan fingerprint density at radius 2 is 1.94 bits per heavy atom. The van der Waals surface area contributed by atoms with Crippen LogP contribution in [0.3, 0.4) is 0 Å². The average molecular weight is 250 g/mol. The van der Waals surface area contributed by atoms with Gasteiger partial charge in [-0.05, 0) is 26.1 Å². The third-order valence-electron chi connectivity index (χ3n) is 3.05. The van der Waals surface area contributed by atoms with Crippen LogP contribution in [0.1, 0.15) is 11.3 Å². The molecule has 1 aliphatic heterocycles. The van der Waals surface area contributed by atoms with Crippen LogP contribution in [0, 0.1) is 6.92 Å². The summed E-state index contributed by atoms with van der Waals surface area (Å²) in [5.41, 5.74) is 7.55. The second-order valence-corrected chi connectivity index (χ2v) is 4.95. The Labute approximate surface area is 107 Å². The molecule has 92 valence electrons. The average Bonchev–Trinajstić information content (AvgIpc) is 2.29. The van der Waals surface area contributed by atoms with Gasteiger partial charge in [0.2, 0.25) is 0 Å². The topological polar surface area (TPSA) is 45.4 Å². The summed E-state index contributed by atoms with van der Waals surface area (Å²) in [5.74, 6) is 0.987.